The van der Waals surface area contributed by atoms with Gasteiger partial charge < -0.3 is 20.1 Å². The Morgan fingerprint density at radius 1 is 0.800 bits per heavy atom. The van der Waals surface area contributed by atoms with Crippen molar-refractivity contribution < 1.29 is 19.1 Å². The first-order chi connectivity index (χ1) is 14.7. The van der Waals surface area contributed by atoms with Gasteiger partial charge in [0.2, 0.25) is 5.91 Å². The molecule has 2 N–H and O–H groups in total. The van der Waals surface area contributed by atoms with Gasteiger partial charge in [-0.05, 0) is 35.4 Å². The number of hydrogen-bond acceptors (Lipinski definition) is 4. The van der Waals surface area contributed by atoms with Gasteiger partial charge in [0.1, 0.15) is 0 Å². The molecule has 0 radical (unpaired) electrons. The van der Waals surface area contributed by atoms with Crippen LogP contribution < -0.4 is 20.1 Å². The highest BCUT2D eigenvalue weighted by Crippen LogP contribution is 2.32. The highest BCUT2D eigenvalue weighted by molar-refractivity contribution is 5.99. The van der Waals surface area contributed by atoms with E-state index in [0.29, 0.717) is 36.0 Å². The Morgan fingerprint density at radius 2 is 1.50 bits per heavy atom. The van der Waals surface area contributed by atoms with Crippen LogP contribution in [0.2, 0.25) is 0 Å². The van der Waals surface area contributed by atoms with E-state index in [1.54, 1.807) is 30.3 Å². The topological polar surface area (TPSA) is 76.7 Å². The van der Waals surface area contributed by atoms with Gasteiger partial charge in [-0.25, -0.2) is 0 Å². The summed E-state index contributed by atoms with van der Waals surface area (Å²) < 4.78 is 11.2. The van der Waals surface area contributed by atoms with Gasteiger partial charge in [0.25, 0.3) is 5.91 Å². The fraction of sp³-hybridized carbons (Fsp3) is 0.167. The summed E-state index contributed by atoms with van der Waals surface area (Å²) in [6.45, 7) is 1.05. The van der Waals surface area contributed by atoms with E-state index in [-0.39, 0.29) is 18.4 Å². The van der Waals surface area contributed by atoms with Gasteiger partial charge in [-0.2, -0.15) is 0 Å². The maximum Gasteiger partial charge on any atom is 0.251 e. The first kappa shape index (κ1) is 19.5. The van der Waals surface area contributed by atoms with Crippen LogP contribution in [0.1, 0.15) is 16.8 Å². The molecule has 0 saturated heterocycles. The van der Waals surface area contributed by atoms with E-state index < -0.39 is 0 Å². The van der Waals surface area contributed by atoms with Crippen molar-refractivity contribution >= 4 is 17.5 Å². The normalized spacial score (nSPS) is 12.5. The number of amides is 2. The van der Waals surface area contributed by atoms with Crippen molar-refractivity contribution in [2.75, 3.05) is 25.1 Å². The van der Waals surface area contributed by atoms with Crippen molar-refractivity contribution in [1.82, 2.24) is 5.32 Å². The monoisotopic (exact) mass is 402 g/mol. The Kier molecular flexibility index (Phi) is 5.94. The molecule has 4 rings (SSSR count). The lowest BCUT2D eigenvalue weighted by molar-refractivity contribution is -0.115. The minimum atomic E-state index is -0.321. The van der Waals surface area contributed by atoms with Gasteiger partial charge in [0.15, 0.2) is 11.5 Å². The number of rotatable bonds is 5. The van der Waals surface area contributed by atoms with Gasteiger partial charge in [-0.15, -0.1) is 0 Å². The molecule has 0 unspecified atom stereocenters. The largest absolute Gasteiger partial charge is 0.490 e. The third-order valence-electron chi connectivity index (χ3n) is 4.69. The average Bonchev–Trinajstić information content (AvgIpc) is 3.03. The molecule has 3 aromatic rings. The first-order valence-corrected chi connectivity index (χ1v) is 9.82. The maximum absolute atomic E-state index is 12.4. The summed E-state index contributed by atoms with van der Waals surface area (Å²) in [5.41, 5.74) is 3.20. The molecule has 0 bridgehead atoms. The van der Waals surface area contributed by atoms with Crippen molar-refractivity contribution in [3.63, 3.8) is 0 Å². The lowest BCUT2D eigenvalue weighted by atomic mass is 10.0. The van der Waals surface area contributed by atoms with Crippen LogP contribution in [-0.2, 0) is 4.79 Å². The van der Waals surface area contributed by atoms with Gasteiger partial charge in [-0.3, -0.25) is 9.59 Å². The number of nitrogens with one attached hydrogen (secondary N) is 2. The Morgan fingerprint density at radius 3 is 2.27 bits per heavy atom. The van der Waals surface area contributed by atoms with Crippen LogP contribution in [-0.4, -0.2) is 31.6 Å². The zero-order valence-corrected chi connectivity index (χ0v) is 16.4. The number of ether oxygens (including phenoxy) is 2. The minimum absolute atomic E-state index is 0.131. The van der Waals surface area contributed by atoms with Crippen LogP contribution in [0.15, 0.2) is 72.8 Å². The predicted molar refractivity (Wildman–Crippen MR) is 115 cm³/mol. The molecule has 0 aromatic heterocycles. The molecule has 6 heteroatoms. The second kappa shape index (κ2) is 9.13. The van der Waals surface area contributed by atoms with Crippen LogP contribution in [0.3, 0.4) is 0 Å². The number of fused-ring (bicyclic) bond motifs is 1. The van der Waals surface area contributed by atoms with E-state index in [1.165, 1.54) is 0 Å². The van der Waals surface area contributed by atoms with E-state index in [4.69, 9.17) is 9.47 Å². The fourth-order valence-corrected chi connectivity index (χ4v) is 3.15. The first-order valence-electron chi connectivity index (χ1n) is 9.82. The molecule has 0 saturated carbocycles. The van der Waals surface area contributed by atoms with Gasteiger partial charge in [-0.1, -0.05) is 42.5 Å². The minimum Gasteiger partial charge on any atom is -0.490 e. The zero-order valence-electron chi connectivity index (χ0n) is 16.4. The number of carbonyl (C=O) groups excluding carboxylic acids is 2. The molecule has 6 nitrogen and oxygen atoms in total. The van der Waals surface area contributed by atoms with Crippen LogP contribution >= 0.6 is 0 Å². The van der Waals surface area contributed by atoms with Gasteiger partial charge >= 0.3 is 0 Å². The highest BCUT2D eigenvalue weighted by Gasteiger charge is 2.13. The second-order valence-corrected chi connectivity index (χ2v) is 6.89. The molecule has 0 aliphatic carbocycles. The van der Waals surface area contributed by atoms with Gasteiger partial charge in [0, 0.05) is 23.7 Å². The molecule has 30 heavy (non-hydrogen) atoms. The van der Waals surface area contributed by atoms with Crippen LogP contribution in [0.25, 0.3) is 11.1 Å². The summed E-state index contributed by atoms with van der Waals surface area (Å²) in [6, 6.07) is 22.4. The Labute approximate surface area is 174 Å². The molecular weight excluding hydrogens is 380 g/mol. The van der Waals surface area contributed by atoms with Crippen molar-refractivity contribution in [2.24, 2.45) is 0 Å². The molecule has 0 atom stereocenters. The molecule has 0 fully saturated rings. The van der Waals surface area contributed by atoms with Crippen molar-refractivity contribution in [3.05, 3.63) is 78.4 Å². The standard InChI is InChI=1S/C24H22N2O4/c27-23(26-20-11-12-21-22(15-20)30-14-4-13-29-21)16-25-24(28)19-9-7-18(8-10-19)17-5-2-1-3-6-17/h1-3,5-12,15H,4,13-14,16H2,(H,25,28)(H,26,27). The highest BCUT2D eigenvalue weighted by atomic mass is 16.5. The molecule has 0 spiro atoms. The van der Waals surface area contributed by atoms with E-state index in [1.807, 2.05) is 42.5 Å². The van der Waals surface area contributed by atoms with Crippen molar-refractivity contribution in [1.29, 1.82) is 0 Å². The maximum atomic E-state index is 12.4. The van der Waals surface area contributed by atoms with E-state index in [9.17, 15) is 9.59 Å². The Balaban J connectivity index is 1.31. The number of benzene rings is 3. The van der Waals surface area contributed by atoms with Crippen LogP contribution in [0.5, 0.6) is 11.5 Å². The fourth-order valence-electron chi connectivity index (χ4n) is 3.15. The summed E-state index contributed by atoms with van der Waals surface area (Å²) in [6.07, 6.45) is 0.814. The van der Waals surface area contributed by atoms with Crippen LogP contribution in [0.4, 0.5) is 5.69 Å². The summed E-state index contributed by atoms with van der Waals surface area (Å²) in [4.78, 5) is 24.6. The van der Waals surface area contributed by atoms with Crippen molar-refractivity contribution in [3.8, 4) is 22.6 Å². The van der Waals surface area contributed by atoms with Gasteiger partial charge in [0.05, 0.1) is 19.8 Å². The molecule has 1 aliphatic rings. The summed E-state index contributed by atoms with van der Waals surface area (Å²) in [5, 5.41) is 5.40. The predicted octanol–water partition coefficient (Wildman–Crippen LogP) is 3.88. The molecule has 1 aliphatic heterocycles. The summed E-state index contributed by atoms with van der Waals surface area (Å²) in [5.74, 6) is 0.646. The SMILES string of the molecule is O=C(CNC(=O)c1ccc(-c2ccccc2)cc1)Nc1ccc2c(c1)OCCCO2. The third kappa shape index (κ3) is 4.78. The number of anilines is 1. The van der Waals surface area contributed by atoms with E-state index in [2.05, 4.69) is 10.6 Å². The second-order valence-electron chi connectivity index (χ2n) is 6.89. The molecule has 3 aromatic carbocycles. The summed E-state index contributed by atoms with van der Waals surface area (Å²) in [7, 11) is 0. The third-order valence-corrected chi connectivity index (χ3v) is 4.69. The number of hydrogen-bond donors (Lipinski definition) is 2. The summed E-state index contributed by atoms with van der Waals surface area (Å²) >= 11 is 0. The molecule has 2 amide bonds. The molecular formula is C24H22N2O4. The van der Waals surface area contributed by atoms with E-state index in [0.717, 1.165) is 17.5 Å². The quantitative estimate of drug-likeness (QED) is 0.679. The lowest BCUT2D eigenvalue weighted by Gasteiger charge is -2.11. The average molecular weight is 402 g/mol. The Hall–Kier alpha value is -3.80. The van der Waals surface area contributed by atoms with Crippen LogP contribution in [0, 0.1) is 0 Å². The lowest BCUT2D eigenvalue weighted by Crippen LogP contribution is -2.32. The number of carbonyl (C=O) groups is 2. The smallest absolute Gasteiger partial charge is 0.251 e. The Bertz CT molecular complexity index is 1030. The van der Waals surface area contributed by atoms with E-state index >= 15 is 0 Å². The molecule has 1 heterocycles. The van der Waals surface area contributed by atoms with Crippen molar-refractivity contribution in [2.45, 2.75) is 6.42 Å². The molecule has 152 valence electrons. The zero-order chi connectivity index (χ0) is 20.8.